The maximum atomic E-state index is 11.8. The number of likely N-dealkylation sites (N-methyl/N-ethyl adjacent to an activating group) is 1. The van der Waals surface area contributed by atoms with Crippen LogP contribution in [0.25, 0.3) is 0 Å². The van der Waals surface area contributed by atoms with E-state index in [1.807, 2.05) is 0 Å². The third kappa shape index (κ3) is 3.66. The highest BCUT2D eigenvalue weighted by Crippen LogP contribution is 1.96. The Balaban J connectivity index is 2.40. The van der Waals surface area contributed by atoms with Crippen LogP contribution >= 0.6 is 0 Å². The summed E-state index contributed by atoms with van der Waals surface area (Å²) in [5, 5.41) is 3.18. The lowest BCUT2D eigenvalue weighted by Crippen LogP contribution is -2.49. The third-order valence-electron chi connectivity index (χ3n) is 2.53. The van der Waals surface area contributed by atoms with Crippen LogP contribution in [-0.2, 0) is 9.59 Å². The van der Waals surface area contributed by atoms with E-state index in [0.717, 1.165) is 26.2 Å². The van der Waals surface area contributed by atoms with Crippen molar-refractivity contribution in [2.24, 2.45) is 0 Å². The van der Waals surface area contributed by atoms with E-state index in [0.29, 0.717) is 0 Å². The van der Waals surface area contributed by atoms with E-state index < -0.39 is 0 Å². The molecule has 0 atom stereocenters. The van der Waals surface area contributed by atoms with Gasteiger partial charge in [0.25, 0.3) is 0 Å². The molecule has 0 aromatic heterocycles. The zero-order chi connectivity index (χ0) is 12.0. The van der Waals surface area contributed by atoms with E-state index in [-0.39, 0.29) is 18.4 Å². The molecular weight excluding hydrogens is 206 g/mol. The molecule has 0 bridgehead atoms. The second kappa shape index (κ2) is 6.27. The van der Waals surface area contributed by atoms with Gasteiger partial charge in [0.05, 0.1) is 6.54 Å². The molecule has 90 valence electrons. The van der Waals surface area contributed by atoms with E-state index in [9.17, 15) is 9.59 Å². The summed E-state index contributed by atoms with van der Waals surface area (Å²) in [5.74, 6) is -0.118. The van der Waals surface area contributed by atoms with Gasteiger partial charge in [0.2, 0.25) is 11.8 Å². The fourth-order valence-corrected chi connectivity index (χ4v) is 1.56. The molecule has 1 fully saturated rings. The predicted molar refractivity (Wildman–Crippen MR) is 61.9 cm³/mol. The van der Waals surface area contributed by atoms with Crippen molar-refractivity contribution in [3.05, 3.63) is 12.2 Å². The van der Waals surface area contributed by atoms with Gasteiger partial charge in [-0.3, -0.25) is 9.59 Å². The zero-order valence-electron chi connectivity index (χ0n) is 9.90. The SMILES string of the molecule is C/C=C/C(=O)N(C)CC(=O)N1CCNCC1. The first kappa shape index (κ1) is 12.7. The van der Waals surface area contributed by atoms with E-state index in [1.54, 1.807) is 24.9 Å². The van der Waals surface area contributed by atoms with Crippen molar-refractivity contribution in [1.29, 1.82) is 0 Å². The molecule has 0 aromatic rings. The Hall–Kier alpha value is -1.36. The Labute approximate surface area is 96.1 Å². The lowest BCUT2D eigenvalue weighted by atomic mass is 10.3. The van der Waals surface area contributed by atoms with Gasteiger partial charge in [-0.25, -0.2) is 0 Å². The first-order valence-corrected chi connectivity index (χ1v) is 5.51. The summed E-state index contributed by atoms with van der Waals surface area (Å²) in [6.45, 7) is 5.05. The topological polar surface area (TPSA) is 52.7 Å². The molecule has 0 spiro atoms. The highest BCUT2D eigenvalue weighted by molar-refractivity contribution is 5.91. The monoisotopic (exact) mass is 225 g/mol. The summed E-state index contributed by atoms with van der Waals surface area (Å²) in [6, 6.07) is 0. The van der Waals surface area contributed by atoms with Crippen molar-refractivity contribution in [3.8, 4) is 0 Å². The van der Waals surface area contributed by atoms with Gasteiger partial charge < -0.3 is 15.1 Å². The lowest BCUT2D eigenvalue weighted by molar-refractivity contribution is -0.137. The molecule has 1 heterocycles. The fourth-order valence-electron chi connectivity index (χ4n) is 1.56. The number of allylic oxidation sites excluding steroid dienone is 1. The van der Waals surface area contributed by atoms with Crippen LogP contribution in [0.5, 0.6) is 0 Å². The Morgan fingerprint density at radius 3 is 2.56 bits per heavy atom. The van der Waals surface area contributed by atoms with Gasteiger partial charge in [0.15, 0.2) is 0 Å². The average molecular weight is 225 g/mol. The molecule has 0 radical (unpaired) electrons. The molecule has 1 saturated heterocycles. The van der Waals surface area contributed by atoms with Crippen LogP contribution in [0.4, 0.5) is 0 Å². The summed E-state index contributed by atoms with van der Waals surface area (Å²) in [6.07, 6.45) is 3.14. The summed E-state index contributed by atoms with van der Waals surface area (Å²) in [4.78, 5) is 26.4. The molecule has 16 heavy (non-hydrogen) atoms. The van der Waals surface area contributed by atoms with Gasteiger partial charge >= 0.3 is 0 Å². The standard InChI is InChI=1S/C11H19N3O2/c1-3-4-10(15)13(2)9-11(16)14-7-5-12-6-8-14/h3-4,12H,5-9H2,1-2H3/b4-3+. The fraction of sp³-hybridized carbons (Fsp3) is 0.636. The predicted octanol–water partition coefficient (Wildman–Crippen LogP) is -0.547. The number of amides is 2. The third-order valence-corrected chi connectivity index (χ3v) is 2.53. The van der Waals surface area contributed by atoms with Crippen LogP contribution in [0, 0.1) is 0 Å². The van der Waals surface area contributed by atoms with Crippen LogP contribution in [0.2, 0.25) is 0 Å². The minimum absolute atomic E-state index is 0.0156. The molecule has 1 rings (SSSR count). The lowest BCUT2D eigenvalue weighted by Gasteiger charge is -2.29. The smallest absolute Gasteiger partial charge is 0.246 e. The first-order valence-electron chi connectivity index (χ1n) is 5.51. The number of nitrogens with zero attached hydrogens (tertiary/aromatic N) is 2. The average Bonchev–Trinajstić information content (AvgIpc) is 2.30. The molecule has 0 aromatic carbocycles. The van der Waals surface area contributed by atoms with Crippen LogP contribution in [0.15, 0.2) is 12.2 Å². The molecule has 5 nitrogen and oxygen atoms in total. The number of piperazine rings is 1. The first-order chi connectivity index (χ1) is 7.65. The van der Waals surface area contributed by atoms with Gasteiger partial charge in [0, 0.05) is 33.2 Å². The van der Waals surface area contributed by atoms with Crippen molar-refractivity contribution >= 4 is 11.8 Å². The van der Waals surface area contributed by atoms with Gasteiger partial charge in [0.1, 0.15) is 0 Å². The largest absolute Gasteiger partial charge is 0.339 e. The molecule has 2 amide bonds. The van der Waals surface area contributed by atoms with Crippen LogP contribution < -0.4 is 5.32 Å². The van der Waals surface area contributed by atoms with Crippen molar-refractivity contribution in [3.63, 3.8) is 0 Å². The van der Waals surface area contributed by atoms with Crippen molar-refractivity contribution in [2.45, 2.75) is 6.92 Å². The molecular formula is C11H19N3O2. The molecule has 0 aliphatic carbocycles. The Morgan fingerprint density at radius 2 is 2.00 bits per heavy atom. The Bertz CT molecular complexity index is 283. The van der Waals surface area contributed by atoms with E-state index in [2.05, 4.69) is 5.32 Å². The molecule has 5 heteroatoms. The van der Waals surface area contributed by atoms with Crippen LogP contribution in [-0.4, -0.2) is 61.4 Å². The van der Waals surface area contributed by atoms with Crippen molar-refractivity contribution in [1.82, 2.24) is 15.1 Å². The number of hydrogen-bond donors (Lipinski definition) is 1. The highest BCUT2D eigenvalue weighted by Gasteiger charge is 2.18. The number of hydrogen-bond acceptors (Lipinski definition) is 3. The van der Waals surface area contributed by atoms with Crippen molar-refractivity contribution < 1.29 is 9.59 Å². The summed E-state index contributed by atoms with van der Waals surface area (Å²) >= 11 is 0. The number of carbonyl (C=O) groups is 2. The van der Waals surface area contributed by atoms with Crippen LogP contribution in [0.1, 0.15) is 6.92 Å². The molecule has 1 N–H and O–H groups in total. The summed E-state index contributed by atoms with van der Waals surface area (Å²) < 4.78 is 0. The minimum Gasteiger partial charge on any atom is -0.339 e. The van der Waals surface area contributed by atoms with Gasteiger partial charge in [-0.15, -0.1) is 0 Å². The molecule has 1 aliphatic heterocycles. The number of rotatable bonds is 3. The highest BCUT2D eigenvalue weighted by atomic mass is 16.2. The quantitative estimate of drug-likeness (QED) is 0.656. The summed E-state index contributed by atoms with van der Waals surface area (Å²) in [7, 11) is 1.64. The normalized spacial score (nSPS) is 16.5. The Morgan fingerprint density at radius 1 is 1.38 bits per heavy atom. The summed E-state index contributed by atoms with van der Waals surface area (Å²) in [5.41, 5.74) is 0. The van der Waals surface area contributed by atoms with Gasteiger partial charge in [-0.2, -0.15) is 0 Å². The van der Waals surface area contributed by atoms with Gasteiger partial charge in [-0.05, 0) is 13.0 Å². The zero-order valence-corrected chi connectivity index (χ0v) is 9.90. The molecule has 0 unspecified atom stereocenters. The second-order valence-electron chi connectivity index (χ2n) is 3.83. The Kier molecular flexibility index (Phi) is 4.98. The van der Waals surface area contributed by atoms with Crippen LogP contribution in [0.3, 0.4) is 0 Å². The van der Waals surface area contributed by atoms with E-state index in [4.69, 9.17) is 0 Å². The number of carbonyl (C=O) groups excluding carboxylic acids is 2. The number of nitrogens with one attached hydrogen (secondary N) is 1. The maximum Gasteiger partial charge on any atom is 0.246 e. The minimum atomic E-state index is -0.133. The van der Waals surface area contributed by atoms with Crippen molar-refractivity contribution in [2.75, 3.05) is 39.8 Å². The molecule has 1 aliphatic rings. The van der Waals surface area contributed by atoms with E-state index >= 15 is 0 Å². The van der Waals surface area contributed by atoms with E-state index in [1.165, 1.54) is 11.0 Å². The molecule has 0 saturated carbocycles. The maximum absolute atomic E-state index is 11.8. The van der Waals surface area contributed by atoms with Gasteiger partial charge in [-0.1, -0.05) is 6.08 Å². The second-order valence-corrected chi connectivity index (χ2v) is 3.83.